The molecule has 0 bridgehead atoms. The zero-order valence-electron chi connectivity index (χ0n) is 36.0. The standard InChI is InChI=1S/C57H59N3/c1-5-9-16-40(7-3)36-42-23-27-44(28-24-42)45-29-33-56-51(38-45)49-19-12-14-22-54(49)60(56)53-21-13-11-18-48(53)46-30-34-55-52(39-46)50-20-15-35-58-57(50)59(55)47-31-25-43(26-32-47)37-41(8-4)17-10-6-2/h11-15,18-35,38-41H,5-10,16-17,36-37H2,1-4H3. The van der Waals surface area contributed by atoms with Crippen LogP contribution < -0.4 is 0 Å². The van der Waals surface area contributed by atoms with Gasteiger partial charge >= 0.3 is 0 Å². The van der Waals surface area contributed by atoms with E-state index in [-0.39, 0.29) is 0 Å². The molecule has 60 heavy (non-hydrogen) atoms. The third kappa shape index (κ3) is 7.67. The highest BCUT2D eigenvalue weighted by molar-refractivity contribution is 6.12. The van der Waals surface area contributed by atoms with Gasteiger partial charge in [0.15, 0.2) is 0 Å². The summed E-state index contributed by atoms with van der Waals surface area (Å²) in [5.41, 5.74) is 14.7. The Morgan fingerprint density at radius 2 is 1.02 bits per heavy atom. The third-order valence-electron chi connectivity index (χ3n) is 13.3. The van der Waals surface area contributed by atoms with Crippen LogP contribution in [0, 0.1) is 11.8 Å². The van der Waals surface area contributed by atoms with E-state index in [4.69, 9.17) is 4.98 Å². The highest BCUT2D eigenvalue weighted by Crippen LogP contribution is 2.40. The lowest BCUT2D eigenvalue weighted by molar-refractivity contribution is 0.449. The summed E-state index contributed by atoms with van der Waals surface area (Å²) in [6.07, 6.45) is 14.5. The minimum atomic E-state index is 0.744. The second-order valence-electron chi connectivity index (χ2n) is 17.1. The molecule has 2 atom stereocenters. The Balaban J connectivity index is 1.09. The Kier molecular flexibility index (Phi) is 11.7. The number of hydrogen-bond acceptors (Lipinski definition) is 1. The van der Waals surface area contributed by atoms with Crippen molar-refractivity contribution in [1.82, 2.24) is 14.1 Å². The second-order valence-corrected chi connectivity index (χ2v) is 17.1. The Labute approximate surface area is 356 Å². The van der Waals surface area contributed by atoms with E-state index in [1.165, 1.54) is 135 Å². The van der Waals surface area contributed by atoms with Gasteiger partial charge < -0.3 is 4.57 Å². The third-order valence-corrected chi connectivity index (χ3v) is 13.3. The largest absolute Gasteiger partial charge is 0.309 e. The molecule has 6 aromatic carbocycles. The monoisotopic (exact) mass is 785 g/mol. The summed E-state index contributed by atoms with van der Waals surface area (Å²) in [5.74, 6) is 1.51. The Hall–Kier alpha value is -5.93. The highest BCUT2D eigenvalue weighted by atomic mass is 15.0. The lowest BCUT2D eigenvalue weighted by Crippen LogP contribution is -2.04. The zero-order valence-corrected chi connectivity index (χ0v) is 36.0. The number of benzene rings is 6. The first-order valence-corrected chi connectivity index (χ1v) is 22.8. The maximum absolute atomic E-state index is 4.96. The van der Waals surface area contributed by atoms with Crippen molar-refractivity contribution in [2.24, 2.45) is 11.8 Å². The van der Waals surface area contributed by atoms with E-state index < -0.39 is 0 Å². The molecule has 9 rings (SSSR count). The lowest BCUT2D eigenvalue weighted by atomic mass is 9.91. The molecule has 2 unspecified atom stereocenters. The van der Waals surface area contributed by atoms with Crippen LogP contribution in [0.15, 0.2) is 152 Å². The van der Waals surface area contributed by atoms with E-state index >= 15 is 0 Å². The first kappa shape index (κ1) is 39.5. The molecule has 0 amide bonds. The molecule has 0 fully saturated rings. The smallest absolute Gasteiger partial charge is 0.145 e. The zero-order chi connectivity index (χ0) is 41.0. The summed E-state index contributed by atoms with van der Waals surface area (Å²) >= 11 is 0. The molecule has 0 N–H and O–H groups in total. The Morgan fingerprint density at radius 3 is 1.72 bits per heavy atom. The van der Waals surface area contributed by atoms with Gasteiger partial charge in [-0.15, -0.1) is 0 Å². The number of hydrogen-bond donors (Lipinski definition) is 0. The summed E-state index contributed by atoms with van der Waals surface area (Å²) in [6, 6.07) is 54.7. The number of unbranched alkanes of at least 4 members (excludes halogenated alkanes) is 2. The number of nitrogens with zero attached hydrogens (tertiary/aromatic N) is 3. The van der Waals surface area contributed by atoms with Crippen molar-refractivity contribution in [2.75, 3.05) is 0 Å². The molecule has 0 saturated carbocycles. The SMILES string of the molecule is CCCCC(CC)Cc1ccc(-c2ccc3c(c2)c2ccccc2n3-c2ccccc2-c2ccc3c(c2)c2cccnc2n3-c2ccc(CC(CC)CCCC)cc2)cc1. The molecular formula is C57H59N3. The molecule has 0 aliphatic carbocycles. The normalized spacial score (nSPS) is 12.9. The topological polar surface area (TPSA) is 22.8 Å². The van der Waals surface area contributed by atoms with E-state index in [2.05, 4.69) is 182 Å². The van der Waals surface area contributed by atoms with Crippen LogP contribution in [0.1, 0.15) is 90.2 Å². The van der Waals surface area contributed by atoms with Crippen LogP contribution in [-0.4, -0.2) is 14.1 Å². The summed E-state index contributed by atoms with van der Waals surface area (Å²) in [4.78, 5) is 4.96. The first-order chi connectivity index (χ1) is 29.6. The van der Waals surface area contributed by atoms with Gasteiger partial charge in [0.05, 0.1) is 22.2 Å². The molecule has 0 aliphatic heterocycles. The van der Waals surface area contributed by atoms with Crippen molar-refractivity contribution in [3.63, 3.8) is 0 Å². The summed E-state index contributed by atoms with van der Waals surface area (Å²) in [7, 11) is 0. The molecule has 0 spiro atoms. The van der Waals surface area contributed by atoms with Gasteiger partial charge in [-0.05, 0) is 113 Å². The van der Waals surface area contributed by atoms with E-state index in [0.717, 1.165) is 29.6 Å². The van der Waals surface area contributed by atoms with Gasteiger partial charge in [-0.3, -0.25) is 4.57 Å². The van der Waals surface area contributed by atoms with Crippen molar-refractivity contribution in [3.8, 4) is 33.6 Å². The molecular weight excluding hydrogens is 727 g/mol. The highest BCUT2D eigenvalue weighted by Gasteiger charge is 2.19. The number of para-hydroxylation sites is 2. The minimum Gasteiger partial charge on any atom is -0.309 e. The van der Waals surface area contributed by atoms with Gasteiger partial charge in [-0.1, -0.05) is 164 Å². The first-order valence-electron chi connectivity index (χ1n) is 22.8. The van der Waals surface area contributed by atoms with Gasteiger partial charge in [0.2, 0.25) is 0 Å². The Morgan fingerprint density at radius 1 is 0.467 bits per heavy atom. The van der Waals surface area contributed by atoms with Crippen molar-refractivity contribution in [2.45, 2.75) is 91.9 Å². The van der Waals surface area contributed by atoms with Crippen LogP contribution in [0.2, 0.25) is 0 Å². The average Bonchev–Trinajstić information content (AvgIpc) is 3.81. The summed E-state index contributed by atoms with van der Waals surface area (Å²) in [5, 5.41) is 4.92. The fourth-order valence-corrected chi connectivity index (χ4v) is 9.77. The summed E-state index contributed by atoms with van der Waals surface area (Å²) < 4.78 is 4.81. The minimum absolute atomic E-state index is 0.744. The van der Waals surface area contributed by atoms with Crippen molar-refractivity contribution in [3.05, 3.63) is 163 Å². The number of rotatable bonds is 16. The molecule has 3 heteroatoms. The molecule has 0 saturated heterocycles. The van der Waals surface area contributed by atoms with Crippen LogP contribution in [0.5, 0.6) is 0 Å². The van der Waals surface area contributed by atoms with Crippen molar-refractivity contribution in [1.29, 1.82) is 0 Å². The molecule has 3 nitrogen and oxygen atoms in total. The van der Waals surface area contributed by atoms with Crippen LogP contribution in [-0.2, 0) is 12.8 Å². The second kappa shape index (κ2) is 17.7. The van der Waals surface area contributed by atoms with Gasteiger partial charge in [-0.2, -0.15) is 0 Å². The van der Waals surface area contributed by atoms with Gasteiger partial charge in [0.1, 0.15) is 5.65 Å². The predicted octanol–water partition coefficient (Wildman–Crippen LogP) is 16.1. The van der Waals surface area contributed by atoms with Gasteiger partial charge in [-0.25, -0.2) is 4.98 Å². The molecule has 3 aromatic heterocycles. The van der Waals surface area contributed by atoms with Crippen LogP contribution >= 0.6 is 0 Å². The molecule has 0 radical (unpaired) electrons. The maximum Gasteiger partial charge on any atom is 0.145 e. The quantitative estimate of drug-likeness (QED) is 0.0957. The van der Waals surface area contributed by atoms with Gasteiger partial charge in [0.25, 0.3) is 0 Å². The number of pyridine rings is 1. The molecule has 3 heterocycles. The average molecular weight is 786 g/mol. The van der Waals surface area contributed by atoms with Gasteiger partial charge in [0, 0.05) is 39.0 Å². The Bertz CT molecular complexity index is 2870. The van der Waals surface area contributed by atoms with E-state index in [0.29, 0.717) is 0 Å². The fraction of sp³-hybridized carbons (Fsp3) is 0.281. The molecule has 302 valence electrons. The van der Waals surface area contributed by atoms with Crippen molar-refractivity contribution < 1.29 is 0 Å². The van der Waals surface area contributed by atoms with E-state index in [1.807, 2.05) is 6.20 Å². The molecule has 9 aromatic rings. The predicted molar refractivity (Wildman–Crippen MR) is 258 cm³/mol. The van der Waals surface area contributed by atoms with E-state index in [1.54, 1.807) is 0 Å². The number of aromatic nitrogens is 3. The number of fused-ring (bicyclic) bond motifs is 6. The van der Waals surface area contributed by atoms with Crippen LogP contribution in [0.4, 0.5) is 0 Å². The lowest BCUT2D eigenvalue weighted by Gasteiger charge is -2.15. The van der Waals surface area contributed by atoms with Crippen molar-refractivity contribution >= 4 is 43.7 Å². The fourth-order valence-electron chi connectivity index (χ4n) is 9.77. The maximum atomic E-state index is 4.96. The molecule has 0 aliphatic rings. The van der Waals surface area contributed by atoms with Crippen LogP contribution in [0.25, 0.3) is 77.4 Å². The summed E-state index contributed by atoms with van der Waals surface area (Å²) in [6.45, 7) is 9.26. The van der Waals surface area contributed by atoms with E-state index in [9.17, 15) is 0 Å². The van der Waals surface area contributed by atoms with Crippen LogP contribution in [0.3, 0.4) is 0 Å².